The molecule has 5 nitrogen and oxygen atoms in total. The monoisotopic (exact) mass is 408 g/mol. The van der Waals surface area contributed by atoms with Crippen molar-refractivity contribution in [3.63, 3.8) is 0 Å². The number of likely N-dealkylation sites (tertiary alicyclic amines) is 1. The highest BCUT2D eigenvalue weighted by atomic mass is 19.1. The van der Waals surface area contributed by atoms with E-state index in [-0.39, 0.29) is 24.2 Å². The number of amides is 1. The van der Waals surface area contributed by atoms with E-state index in [0.717, 1.165) is 30.4 Å². The Labute approximate surface area is 175 Å². The Morgan fingerprint density at radius 3 is 2.93 bits per heavy atom. The number of hydrogen-bond acceptors (Lipinski definition) is 4. The molecule has 0 bridgehead atoms. The summed E-state index contributed by atoms with van der Waals surface area (Å²) in [7, 11) is 1.61. The minimum atomic E-state index is -0.271. The quantitative estimate of drug-likeness (QED) is 0.593. The summed E-state index contributed by atoms with van der Waals surface area (Å²) in [4.78, 5) is 19.4. The third-order valence-corrected chi connectivity index (χ3v) is 5.48. The molecule has 0 unspecified atom stereocenters. The lowest BCUT2D eigenvalue weighted by atomic mass is 10.0. The lowest BCUT2D eigenvalue weighted by Crippen LogP contribution is -2.39. The Morgan fingerprint density at radius 1 is 1.23 bits per heavy atom. The van der Waals surface area contributed by atoms with Crippen molar-refractivity contribution in [2.24, 2.45) is 0 Å². The van der Waals surface area contributed by atoms with Crippen LogP contribution in [0.2, 0.25) is 0 Å². The van der Waals surface area contributed by atoms with Crippen molar-refractivity contribution in [1.29, 1.82) is 0 Å². The summed E-state index contributed by atoms with van der Waals surface area (Å²) in [6, 6.07) is 13.9. The third kappa shape index (κ3) is 4.53. The maximum atomic E-state index is 13.4. The number of nitrogens with zero attached hydrogens (tertiary/aromatic N) is 2. The summed E-state index contributed by atoms with van der Waals surface area (Å²) in [6.07, 6.45) is 5.22. The molecular formula is C24H25FN2O3. The number of carbonyl (C=O) groups is 1. The van der Waals surface area contributed by atoms with E-state index in [0.29, 0.717) is 30.4 Å². The molecule has 0 aliphatic carbocycles. The van der Waals surface area contributed by atoms with E-state index in [9.17, 15) is 9.18 Å². The molecule has 1 atom stereocenters. The van der Waals surface area contributed by atoms with Crippen LogP contribution in [0.3, 0.4) is 0 Å². The van der Waals surface area contributed by atoms with Gasteiger partial charge in [-0.2, -0.15) is 0 Å². The first-order valence-corrected chi connectivity index (χ1v) is 10.2. The van der Waals surface area contributed by atoms with Gasteiger partial charge in [-0.3, -0.25) is 4.79 Å². The van der Waals surface area contributed by atoms with Crippen molar-refractivity contribution in [3.8, 4) is 5.75 Å². The van der Waals surface area contributed by atoms with E-state index in [1.54, 1.807) is 19.4 Å². The fourth-order valence-electron chi connectivity index (χ4n) is 4.01. The van der Waals surface area contributed by atoms with Crippen LogP contribution in [0.25, 0.3) is 0 Å². The molecule has 6 heteroatoms. The Balaban J connectivity index is 1.50. The smallest absolute Gasteiger partial charge is 0.227 e. The summed E-state index contributed by atoms with van der Waals surface area (Å²) in [5.74, 6) is 1.70. The van der Waals surface area contributed by atoms with Crippen molar-refractivity contribution in [2.75, 3.05) is 13.7 Å². The number of piperidine rings is 1. The maximum Gasteiger partial charge on any atom is 0.227 e. The Kier molecular flexibility index (Phi) is 6.12. The predicted octanol–water partition coefficient (Wildman–Crippen LogP) is 4.71. The number of carbonyl (C=O) groups excluding carboxylic acids is 1. The number of methoxy groups -OCH3 is 1. The molecule has 2 heterocycles. The molecule has 2 aromatic carbocycles. The van der Waals surface area contributed by atoms with E-state index < -0.39 is 0 Å². The first-order valence-electron chi connectivity index (χ1n) is 10.2. The fraction of sp³-hybridized carbons (Fsp3) is 0.333. The summed E-state index contributed by atoms with van der Waals surface area (Å²) in [5.41, 5.74) is 1.69. The second-order valence-corrected chi connectivity index (χ2v) is 7.56. The molecule has 1 amide bonds. The summed E-state index contributed by atoms with van der Waals surface area (Å²) in [5, 5.41) is 0. The zero-order valence-corrected chi connectivity index (χ0v) is 17.0. The minimum Gasteiger partial charge on any atom is -0.496 e. The van der Waals surface area contributed by atoms with Crippen LogP contribution in [0, 0.1) is 5.82 Å². The molecule has 156 valence electrons. The first kappa shape index (κ1) is 20.1. The first-order chi connectivity index (χ1) is 14.6. The van der Waals surface area contributed by atoms with Crippen LogP contribution >= 0.6 is 0 Å². The van der Waals surface area contributed by atoms with Crippen LogP contribution in [0.15, 0.2) is 59.1 Å². The van der Waals surface area contributed by atoms with Gasteiger partial charge in [-0.1, -0.05) is 30.3 Å². The van der Waals surface area contributed by atoms with Crippen LogP contribution < -0.4 is 4.74 Å². The van der Waals surface area contributed by atoms with Gasteiger partial charge in [0.25, 0.3) is 0 Å². The normalized spacial score (nSPS) is 16.5. The molecule has 3 aromatic rings. The molecule has 1 saturated heterocycles. The number of ether oxygens (including phenoxy) is 1. The van der Waals surface area contributed by atoms with Gasteiger partial charge in [0.1, 0.15) is 23.4 Å². The standard InChI is InChI=1S/C24H25FN2O3/c1-29-22-11-3-2-8-18(22)15-23(28)27-12-5-4-10-21(27)24-26-16-20(30-24)14-17-7-6-9-19(25)13-17/h2-3,6-9,11,13,16,21H,4-5,10,12,14-15H2,1H3/t21-/m1/s1. The predicted molar refractivity (Wildman–Crippen MR) is 111 cm³/mol. The topological polar surface area (TPSA) is 55.6 Å². The molecule has 0 N–H and O–H groups in total. The number of rotatable bonds is 6. The van der Waals surface area contributed by atoms with Gasteiger partial charge >= 0.3 is 0 Å². The average molecular weight is 408 g/mol. The van der Waals surface area contributed by atoms with E-state index in [1.165, 1.54) is 12.1 Å². The Hall–Kier alpha value is -3.15. The zero-order valence-electron chi connectivity index (χ0n) is 17.0. The Bertz CT molecular complexity index is 1020. The highest BCUT2D eigenvalue weighted by Crippen LogP contribution is 2.32. The van der Waals surface area contributed by atoms with Crippen LogP contribution in [-0.2, 0) is 17.6 Å². The van der Waals surface area contributed by atoms with Gasteiger partial charge in [-0.15, -0.1) is 0 Å². The average Bonchev–Trinajstić information content (AvgIpc) is 3.22. The second kappa shape index (κ2) is 9.11. The molecule has 0 radical (unpaired) electrons. The van der Waals surface area contributed by atoms with Gasteiger partial charge in [0.2, 0.25) is 11.8 Å². The molecule has 0 saturated carbocycles. The van der Waals surface area contributed by atoms with Crippen molar-refractivity contribution in [3.05, 3.63) is 83.3 Å². The van der Waals surface area contributed by atoms with Gasteiger partial charge in [0, 0.05) is 18.5 Å². The molecule has 30 heavy (non-hydrogen) atoms. The minimum absolute atomic E-state index is 0.0362. The van der Waals surface area contributed by atoms with Crippen molar-refractivity contribution in [1.82, 2.24) is 9.88 Å². The van der Waals surface area contributed by atoms with Gasteiger partial charge in [0.05, 0.1) is 19.7 Å². The van der Waals surface area contributed by atoms with Crippen LogP contribution in [0.1, 0.15) is 48.1 Å². The summed E-state index contributed by atoms with van der Waals surface area (Å²) in [6.45, 7) is 0.681. The Morgan fingerprint density at radius 2 is 2.10 bits per heavy atom. The highest BCUT2D eigenvalue weighted by molar-refractivity contribution is 5.80. The van der Waals surface area contributed by atoms with Crippen molar-refractivity contribution < 1.29 is 18.3 Å². The zero-order chi connectivity index (χ0) is 20.9. The third-order valence-electron chi connectivity index (χ3n) is 5.48. The SMILES string of the molecule is COc1ccccc1CC(=O)N1CCCC[C@@H]1c1ncc(Cc2cccc(F)c2)o1. The molecule has 4 rings (SSSR count). The van der Waals surface area contributed by atoms with Crippen LogP contribution in [0.5, 0.6) is 5.75 Å². The van der Waals surface area contributed by atoms with E-state index in [4.69, 9.17) is 9.15 Å². The lowest BCUT2D eigenvalue weighted by Gasteiger charge is -2.34. The largest absolute Gasteiger partial charge is 0.496 e. The van der Waals surface area contributed by atoms with Gasteiger partial charge in [-0.05, 0) is 43.0 Å². The van der Waals surface area contributed by atoms with Crippen molar-refractivity contribution >= 4 is 5.91 Å². The van der Waals surface area contributed by atoms with Gasteiger partial charge < -0.3 is 14.1 Å². The summed E-state index contributed by atoms with van der Waals surface area (Å²) < 4.78 is 24.8. The van der Waals surface area contributed by atoms with E-state index >= 15 is 0 Å². The summed E-state index contributed by atoms with van der Waals surface area (Å²) >= 11 is 0. The molecular weight excluding hydrogens is 383 g/mol. The lowest BCUT2D eigenvalue weighted by molar-refractivity contribution is -0.135. The number of halogens is 1. The van der Waals surface area contributed by atoms with Gasteiger partial charge in [0.15, 0.2) is 0 Å². The number of hydrogen-bond donors (Lipinski definition) is 0. The fourth-order valence-corrected chi connectivity index (χ4v) is 4.01. The van der Waals surface area contributed by atoms with Gasteiger partial charge in [-0.25, -0.2) is 9.37 Å². The molecule has 0 spiro atoms. The van der Waals surface area contributed by atoms with Crippen LogP contribution in [-0.4, -0.2) is 29.4 Å². The molecule has 1 fully saturated rings. The molecule has 1 aliphatic heterocycles. The highest BCUT2D eigenvalue weighted by Gasteiger charge is 2.31. The molecule has 1 aromatic heterocycles. The number of aromatic nitrogens is 1. The second-order valence-electron chi connectivity index (χ2n) is 7.56. The van der Waals surface area contributed by atoms with Crippen molar-refractivity contribution in [2.45, 2.75) is 38.1 Å². The number of benzene rings is 2. The maximum absolute atomic E-state index is 13.4. The molecule has 1 aliphatic rings. The number of para-hydroxylation sites is 1. The van der Waals surface area contributed by atoms with Crippen LogP contribution in [0.4, 0.5) is 4.39 Å². The van der Waals surface area contributed by atoms with E-state index in [1.807, 2.05) is 35.2 Å². The van der Waals surface area contributed by atoms with E-state index in [2.05, 4.69) is 4.98 Å². The number of oxazole rings is 1.